The van der Waals surface area contributed by atoms with Crippen molar-refractivity contribution in [2.24, 2.45) is 0 Å². The molecule has 5 nitrogen and oxygen atoms in total. The van der Waals surface area contributed by atoms with E-state index in [1.54, 1.807) is 28.4 Å². The normalized spacial score (nSPS) is 14.5. The van der Waals surface area contributed by atoms with Crippen molar-refractivity contribution in [3.8, 4) is 0 Å². The van der Waals surface area contributed by atoms with Gasteiger partial charge < -0.3 is 17.7 Å². The lowest BCUT2D eigenvalue weighted by molar-refractivity contribution is -0.120. The standard InChI is InChI=1S/C25H54O5Si2/c1-9-13-15-17-19-21-23(31(11-3,27-5)28-6)25(26)24(22-20-18-16-14-10-2)32(12-4,29-7)30-8/h23-24H,9-22H2,1-8H3. The molecule has 0 radical (unpaired) electrons. The van der Waals surface area contributed by atoms with Gasteiger partial charge >= 0.3 is 17.1 Å². The maximum absolute atomic E-state index is 14.3. The lowest BCUT2D eigenvalue weighted by Gasteiger charge is -2.39. The SMILES string of the molecule is CCCCCCCC(C(=O)C(CCCCCCC)[Si](CC)(OC)OC)[Si](CC)(OC)OC. The Kier molecular flexibility index (Phi) is 18.3. The van der Waals surface area contributed by atoms with Gasteiger partial charge in [-0.3, -0.25) is 4.79 Å². The van der Waals surface area contributed by atoms with Crippen LogP contribution in [0.15, 0.2) is 0 Å². The minimum Gasteiger partial charge on any atom is -0.397 e. The molecule has 0 fully saturated rings. The zero-order valence-electron chi connectivity index (χ0n) is 22.6. The van der Waals surface area contributed by atoms with Crippen LogP contribution in [0.1, 0.15) is 105 Å². The zero-order chi connectivity index (χ0) is 24.5. The molecule has 2 unspecified atom stereocenters. The lowest BCUT2D eigenvalue weighted by atomic mass is 10.0. The van der Waals surface area contributed by atoms with Crippen molar-refractivity contribution in [3.05, 3.63) is 0 Å². The molecule has 0 saturated carbocycles. The maximum Gasteiger partial charge on any atom is 0.348 e. The Morgan fingerprint density at radius 3 is 1.12 bits per heavy atom. The zero-order valence-corrected chi connectivity index (χ0v) is 24.6. The van der Waals surface area contributed by atoms with E-state index in [2.05, 4.69) is 27.7 Å². The Morgan fingerprint density at radius 2 is 0.875 bits per heavy atom. The molecule has 0 saturated heterocycles. The molecule has 7 heteroatoms. The first-order valence-corrected chi connectivity index (χ1v) is 17.4. The Morgan fingerprint density at radius 1 is 0.562 bits per heavy atom. The van der Waals surface area contributed by atoms with Crippen LogP contribution in [0.4, 0.5) is 0 Å². The van der Waals surface area contributed by atoms with Gasteiger partial charge in [-0.2, -0.15) is 0 Å². The molecule has 0 aromatic heterocycles. The first-order chi connectivity index (χ1) is 15.4. The van der Waals surface area contributed by atoms with E-state index in [9.17, 15) is 4.79 Å². The van der Waals surface area contributed by atoms with Gasteiger partial charge in [0.25, 0.3) is 0 Å². The van der Waals surface area contributed by atoms with Gasteiger partial charge in [-0.15, -0.1) is 0 Å². The lowest BCUT2D eigenvalue weighted by Crippen LogP contribution is -2.53. The molecule has 0 aliphatic heterocycles. The van der Waals surface area contributed by atoms with Gasteiger partial charge in [0.15, 0.2) is 0 Å². The average molecular weight is 491 g/mol. The molecule has 0 aliphatic carbocycles. The number of hydrogen-bond donors (Lipinski definition) is 0. The summed E-state index contributed by atoms with van der Waals surface area (Å²) in [6.07, 6.45) is 13.5. The van der Waals surface area contributed by atoms with Gasteiger partial charge in [-0.25, -0.2) is 0 Å². The number of hydrogen-bond acceptors (Lipinski definition) is 5. The molecule has 0 aromatic rings. The average Bonchev–Trinajstić information content (AvgIpc) is 2.83. The van der Waals surface area contributed by atoms with E-state index in [0.717, 1.165) is 50.6 Å². The molecule has 0 rings (SSSR count). The summed E-state index contributed by atoms with van der Waals surface area (Å²) in [6, 6.07) is 1.55. The smallest absolute Gasteiger partial charge is 0.348 e. The molecule has 0 bridgehead atoms. The summed E-state index contributed by atoms with van der Waals surface area (Å²) < 4.78 is 24.2. The van der Waals surface area contributed by atoms with Crippen LogP contribution in [0.2, 0.25) is 23.2 Å². The van der Waals surface area contributed by atoms with E-state index in [4.69, 9.17) is 17.7 Å². The fraction of sp³-hybridized carbons (Fsp3) is 0.960. The summed E-state index contributed by atoms with van der Waals surface area (Å²) in [5.74, 6) is 0.283. The largest absolute Gasteiger partial charge is 0.397 e. The molecule has 32 heavy (non-hydrogen) atoms. The predicted octanol–water partition coefficient (Wildman–Crippen LogP) is 7.53. The van der Waals surface area contributed by atoms with Crippen LogP contribution in [0.3, 0.4) is 0 Å². The molecule has 0 N–H and O–H groups in total. The molecular weight excluding hydrogens is 436 g/mol. The third-order valence-electron chi connectivity index (χ3n) is 7.31. The second-order valence-corrected chi connectivity index (χ2v) is 16.7. The quantitative estimate of drug-likeness (QED) is 0.116. The number of carbonyl (C=O) groups excluding carboxylic acids is 1. The van der Waals surface area contributed by atoms with Crippen LogP contribution in [0.5, 0.6) is 0 Å². The number of ketones is 1. The van der Waals surface area contributed by atoms with E-state index >= 15 is 0 Å². The third kappa shape index (κ3) is 9.30. The van der Waals surface area contributed by atoms with Crippen molar-refractivity contribution in [1.82, 2.24) is 0 Å². The van der Waals surface area contributed by atoms with Crippen LogP contribution in [0.25, 0.3) is 0 Å². The highest BCUT2D eigenvalue weighted by atomic mass is 28.4. The first kappa shape index (κ1) is 31.9. The molecule has 0 heterocycles. The number of rotatable bonds is 22. The minimum atomic E-state index is -2.66. The van der Waals surface area contributed by atoms with E-state index in [1.165, 1.54) is 38.5 Å². The summed E-state index contributed by atoms with van der Waals surface area (Å²) in [7, 11) is 1.60. The second-order valence-electron chi connectivity index (χ2n) is 9.06. The van der Waals surface area contributed by atoms with E-state index < -0.39 is 17.1 Å². The Bertz CT molecular complexity index is 411. The van der Waals surface area contributed by atoms with Crippen molar-refractivity contribution < 1.29 is 22.5 Å². The van der Waals surface area contributed by atoms with Gasteiger partial charge in [0, 0.05) is 28.4 Å². The summed E-state index contributed by atoms with van der Waals surface area (Å²) >= 11 is 0. The second kappa shape index (κ2) is 18.3. The van der Waals surface area contributed by atoms with Crippen molar-refractivity contribution in [2.75, 3.05) is 28.4 Å². The highest BCUT2D eigenvalue weighted by Crippen LogP contribution is 2.42. The highest BCUT2D eigenvalue weighted by Gasteiger charge is 2.54. The van der Waals surface area contributed by atoms with Crippen molar-refractivity contribution in [2.45, 2.75) is 128 Å². The Labute approximate surface area is 201 Å². The van der Waals surface area contributed by atoms with Crippen LogP contribution in [0, 0.1) is 0 Å². The summed E-state index contributed by atoms with van der Waals surface area (Å²) in [5.41, 5.74) is -0.345. The van der Waals surface area contributed by atoms with Crippen LogP contribution >= 0.6 is 0 Å². The number of carbonyl (C=O) groups is 1. The summed E-state index contributed by atoms with van der Waals surface area (Å²) in [4.78, 5) is 14.3. The topological polar surface area (TPSA) is 54.0 Å². The van der Waals surface area contributed by atoms with Crippen LogP contribution < -0.4 is 0 Å². The van der Waals surface area contributed by atoms with E-state index in [0.29, 0.717) is 0 Å². The first-order valence-electron chi connectivity index (χ1n) is 13.2. The van der Waals surface area contributed by atoms with Crippen molar-refractivity contribution in [3.63, 3.8) is 0 Å². The highest BCUT2D eigenvalue weighted by molar-refractivity contribution is 6.77. The third-order valence-corrected chi connectivity index (χ3v) is 15.3. The van der Waals surface area contributed by atoms with Crippen molar-refractivity contribution >= 4 is 22.9 Å². The van der Waals surface area contributed by atoms with Gasteiger partial charge in [-0.1, -0.05) is 91.9 Å². The monoisotopic (exact) mass is 490 g/mol. The van der Waals surface area contributed by atoms with E-state index in [-0.39, 0.29) is 16.9 Å². The van der Waals surface area contributed by atoms with Gasteiger partial charge in [0.1, 0.15) is 5.78 Å². The number of unbranched alkanes of at least 4 members (excludes halogenated alkanes) is 8. The molecule has 0 aromatic carbocycles. The molecule has 0 aliphatic rings. The summed E-state index contributed by atoms with van der Waals surface area (Å²) in [5, 5.41) is 0. The molecule has 2 atom stereocenters. The van der Waals surface area contributed by atoms with Gasteiger partial charge in [0.2, 0.25) is 0 Å². The van der Waals surface area contributed by atoms with Gasteiger partial charge in [0.05, 0.1) is 11.1 Å². The molecule has 0 spiro atoms. The molecule has 0 amide bonds. The van der Waals surface area contributed by atoms with Gasteiger partial charge in [-0.05, 0) is 24.9 Å². The number of Topliss-reactive ketones (excluding diaryl/α,β-unsaturated/α-hetero) is 1. The van der Waals surface area contributed by atoms with E-state index in [1.807, 2.05) is 0 Å². The minimum absolute atomic E-state index is 0.173. The summed E-state index contributed by atoms with van der Waals surface area (Å²) in [6.45, 7) is 8.67. The Hall–Kier alpha value is -0.0562. The fourth-order valence-corrected chi connectivity index (χ4v) is 11.4. The maximum atomic E-state index is 14.3. The van der Waals surface area contributed by atoms with Crippen LogP contribution in [-0.4, -0.2) is 51.3 Å². The molecule has 192 valence electrons. The fourth-order valence-electron chi connectivity index (χ4n) is 5.11. The Balaban J connectivity index is 5.85. The van der Waals surface area contributed by atoms with Crippen LogP contribution in [-0.2, 0) is 22.5 Å². The predicted molar refractivity (Wildman–Crippen MR) is 140 cm³/mol. The molecular formula is C25H54O5Si2. The van der Waals surface area contributed by atoms with Crippen molar-refractivity contribution in [1.29, 1.82) is 0 Å².